The van der Waals surface area contributed by atoms with Gasteiger partial charge < -0.3 is 0 Å². The molecule has 1 aromatic carbocycles. The van der Waals surface area contributed by atoms with Crippen LogP contribution in [0.25, 0.3) is 11.0 Å². The molecular weight excluding hydrogens is 202 g/mol. The molecule has 2 aromatic rings. The third-order valence-corrected chi connectivity index (χ3v) is 2.43. The average molecular weight is 219 g/mol. The molecule has 2 rings (SSSR count). The first-order valence-electron chi connectivity index (χ1n) is 5.16. The van der Waals surface area contributed by atoms with Gasteiger partial charge >= 0.3 is 0 Å². The van der Waals surface area contributed by atoms with E-state index in [1.165, 1.54) is 0 Å². The summed E-state index contributed by atoms with van der Waals surface area (Å²) in [6, 6.07) is 7.95. The summed E-state index contributed by atoms with van der Waals surface area (Å²) in [5.74, 6) is 0. The van der Waals surface area contributed by atoms with Gasteiger partial charge in [-0.05, 0) is 17.3 Å². The molecular formula is C11H17N5+2. The standard InChI is InChI=1S/C11H17N5/c1-14(2)9-16(3,4)15-11-8-6-5-7-10(11)12-13-15/h5-8H,1,9H2,2-4H3/q+2. The first-order chi connectivity index (χ1) is 7.50. The van der Waals surface area contributed by atoms with Crippen LogP contribution in [-0.2, 0) is 0 Å². The van der Waals surface area contributed by atoms with Gasteiger partial charge in [0.25, 0.3) is 6.67 Å². The molecule has 0 amide bonds. The van der Waals surface area contributed by atoms with E-state index in [1.807, 2.05) is 40.7 Å². The van der Waals surface area contributed by atoms with Crippen molar-refractivity contribution in [2.45, 2.75) is 0 Å². The number of rotatable bonds is 3. The van der Waals surface area contributed by atoms with Gasteiger partial charge in [0.1, 0.15) is 24.8 Å². The zero-order chi connectivity index (χ0) is 11.8. The zero-order valence-electron chi connectivity index (χ0n) is 9.96. The number of hydrogen-bond donors (Lipinski definition) is 0. The minimum atomic E-state index is 0.570. The monoisotopic (exact) mass is 219 g/mol. The van der Waals surface area contributed by atoms with Crippen molar-refractivity contribution in [1.29, 1.82) is 0 Å². The topological polar surface area (TPSA) is 33.7 Å². The number of aromatic nitrogens is 3. The summed E-state index contributed by atoms with van der Waals surface area (Å²) in [7, 11) is 6.09. The third-order valence-electron chi connectivity index (χ3n) is 2.43. The van der Waals surface area contributed by atoms with Crippen LogP contribution in [0.15, 0.2) is 24.3 Å². The molecule has 5 heteroatoms. The minimum Gasteiger partial charge on any atom is -0.195 e. The highest BCUT2D eigenvalue weighted by atomic mass is 15.8. The summed E-state index contributed by atoms with van der Waals surface area (Å²) in [4.78, 5) is 1.90. The summed E-state index contributed by atoms with van der Waals surface area (Å²) in [5, 5.41) is 8.36. The fraction of sp³-hybridized carbons (Fsp3) is 0.364. The van der Waals surface area contributed by atoms with Crippen molar-refractivity contribution in [3.05, 3.63) is 24.3 Å². The second-order valence-electron chi connectivity index (χ2n) is 4.59. The van der Waals surface area contributed by atoms with E-state index in [9.17, 15) is 0 Å². The maximum absolute atomic E-state index is 4.20. The number of fused-ring (bicyclic) bond motifs is 1. The number of benzene rings is 1. The Labute approximate surface area is 94.8 Å². The largest absolute Gasteiger partial charge is 0.293 e. The maximum atomic E-state index is 4.20. The lowest BCUT2D eigenvalue weighted by Crippen LogP contribution is -2.54. The lowest BCUT2D eigenvalue weighted by Gasteiger charge is -2.24. The first-order valence-corrected chi connectivity index (χ1v) is 5.16. The van der Waals surface area contributed by atoms with Crippen LogP contribution in [0.1, 0.15) is 0 Å². The van der Waals surface area contributed by atoms with Crippen LogP contribution in [0, 0.1) is 0 Å². The number of para-hydroxylation sites is 1. The molecule has 0 aliphatic rings. The average Bonchev–Trinajstić information content (AvgIpc) is 2.59. The van der Waals surface area contributed by atoms with Crippen LogP contribution in [0.2, 0.25) is 0 Å². The third kappa shape index (κ3) is 1.81. The lowest BCUT2D eigenvalue weighted by molar-refractivity contribution is -0.514. The van der Waals surface area contributed by atoms with Gasteiger partial charge in [-0.15, -0.1) is 9.69 Å². The molecule has 0 N–H and O–H groups in total. The van der Waals surface area contributed by atoms with Gasteiger partial charge in [0.05, 0.1) is 14.1 Å². The first kappa shape index (κ1) is 10.8. The Bertz CT molecular complexity index is 526. The number of nitrogens with zero attached hydrogens (tertiary/aromatic N) is 5. The maximum Gasteiger partial charge on any atom is 0.293 e. The van der Waals surface area contributed by atoms with Gasteiger partial charge in [0.15, 0.2) is 0 Å². The minimum absolute atomic E-state index is 0.570. The summed E-state index contributed by atoms with van der Waals surface area (Å²) < 4.78 is 2.46. The molecule has 0 aliphatic heterocycles. The predicted molar refractivity (Wildman–Crippen MR) is 65.1 cm³/mol. The van der Waals surface area contributed by atoms with E-state index in [2.05, 4.69) is 31.1 Å². The molecule has 5 nitrogen and oxygen atoms in total. The number of hydrogen-bond acceptors (Lipinski definition) is 2. The highest BCUT2D eigenvalue weighted by Crippen LogP contribution is 2.11. The molecule has 0 atom stereocenters. The SMILES string of the molecule is C=[N+](C)C[N+](C)(C)n1nnc2ccccc21. The van der Waals surface area contributed by atoms with Gasteiger partial charge in [0.2, 0.25) is 0 Å². The summed E-state index contributed by atoms with van der Waals surface area (Å²) in [6.07, 6.45) is 0. The number of quaternary nitrogens is 1. The Morgan fingerprint density at radius 3 is 2.75 bits per heavy atom. The quantitative estimate of drug-likeness (QED) is 0.325. The Balaban J connectivity index is 2.50. The van der Waals surface area contributed by atoms with Gasteiger partial charge in [-0.2, -0.15) is 4.58 Å². The second-order valence-corrected chi connectivity index (χ2v) is 4.59. The Morgan fingerprint density at radius 2 is 2.06 bits per heavy atom. The zero-order valence-corrected chi connectivity index (χ0v) is 9.96. The molecule has 1 aromatic heterocycles. The Kier molecular flexibility index (Phi) is 2.47. The molecule has 0 spiro atoms. The van der Waals surface area contributed by atoms with Crippen LogP contribution < -0.4 is 4.59 Å². The van der Waals surface area contributed by atoms with Gasteiger partial charge in [-0.1, -0.05) is 16.9 Å². The van der Waals surface area contributed by atoms with Crippen LogP contribution in [0.5, 0.6) is 0 Å². The normalized spacial score (nSPS) is 11.9. The van der Waals surface area contributed by atoms with Crippen LogP contribution in [0.3, 0.4) is 0 Å². The Hall–Kier alpha value is -1.75. The summed E-state index contributed by atoms with van der Waals surface area (Å²) in [6.45, 7) is 4.63. The highest BCUT2D eigenvalue weighted by molar-refractivity contribution is 5.73. The second kappa shape index (κ2) is 3.68. The van der Waals surface area contributed by atoms with E-state index in [0.717, 1.165) is 17.7 Å². The van der Waals surface area contributed by atoms with Gasteiger partial charge in [-0.25, -0.2) is 0 Å². The van der Waals surface area contributed by atoms with Crippen molar-refractivity contribution in [3.63, 3.8) is 0 Å². The Morgan fingerprint density at radius 1 is 1.38 bits per heavy atom. The molecule has 0 saturated carbocycles. The van der Waals surface area contributed by atoms with E-state index >= 15 is 0 Å². The van der Waals surface area contributed by atoms with Gasteiger partial charge in [-0.3, -0.25) is 0 Å². The van der Waals surface area contributed by atoms with E-state index in [-0.39, 0.29) is 0 Å². The van der Waals surface area contributed by atoms with E-state index in [4.69, 9.17) is 0 Å². The molecule has 1 heterocycles. The van der Waals surface area contributed by atoms with Crippen molar-refractivity contribution in [1.82, 2.24) is 19.7 Å². The van der Waals surface area contributed by atoms with E-state index < -0.39 is 0 Å². The smallest absolute Gasteiger partial charge is 0.195 e. The molecule has 16 heavy (non-hydrogen) atoms. The molecule has 0 fully saturated rings. The van der Waals surface area contributed by atoms with E-state index in [0.29, 0.717) is 4.59 Å². The fourth-order valence-corrected chi connectivity index (χ4v) is 1.91. The summed E-state index contributed by atoms with van der Waals surface area (Å²) >= 11 is 0. The van der Waals surface area contributed by atoms with Crippen LogP contribution in [-0.4, -0.2) is 54.2 Å². The van der Waals surface area contributed by atoms with Gasteiger partial charge in [0, 0.05) is 0 Å². The molecule has 84 valence electrons. The van der Waals surface area contributed by atoms with Crippen LogP contribution >= 0.6 is 0 Å². The molecule has 0 bridgehead atoms. The van der Waals surface area contributed by atoms with E-state index in [1.54, 1.807) is 0 Å². The van der Waals surface area contributed by atoms with Crippen molar-refractivity contribution in [2.24, 2.45) is 0 Å². The lowest BCUT2D eigenvalue weighted by atomic mass is 10.3. The molecule has 0 radical (unpaired) electrons. The van der Waals surface area contributed by atoms with Crippen molar-refractivity contribution < 1.29 is 4.58 Å². The van der Waals surface area contributed by atoms with Crippen molar-refractivity contribution in [3.8, 4) is 0 Å². The van der Waals surface area contributed by atoms with Crippen molar-refractivity contribution >= 4 is 17.8 Å². The predicted octanol–water partition coefficient (Wildman–Crippen LogP) is 0.430. The fourth-order valence-electron chi connectivity index (χ4n) is 1.91. The molecule has 0 aliphatic carbocycles. The molecule has 0 saturated heterocycles. The summed E-state index contributed by atoms with van der Waals surface area (Å²) in [5.41, 5.74) is 1.95. The van der Waals surface area contributed by atoms with Crippen LogP contribution in [0.4, 0.5) is 0 Å². The molecule has 0 unspecified atom stereocenters. The highest BCUT2D eigenvalue weighted by Gasteiger charge is 2.25. The van der Waals surface area contributed by atoms with Crippen molar-refractivity contribution in [2.75, 3.05) is 27.8 Å².